The van der Waals surface area contributed by atoms with E-state index in [1.807, 2.05) is 18.3 Å². The molecule has 29 heavy (non-hydrogen) atoms. The van der Waals surface area contributed by atoms with Crippen LogP contribution >= 0.6 is 0 Å². The van der Waals surface area contributed by atoms with E-state index in [0.717, 1.165) is 22.8 Å². The molecule has 5 rings (SSSR count). The minimum absolute atomic E-state index is 0.0471. The summed E-state index contributed by atoms with van der Waals surface area (Å²) in [5.74, 6) is -1.48. The molecule has 0 radical (unpaired) electrons. The number of aromatic nitrogens is 2. The Hall–Kier alpha value is -3.49. The maximum absolute atomic E-state index is 12.1. The lowest BCUT2D eigenvalue weighted by Gasteiger charge is -2.32. The largest absolute Gasteiger partial charge is 0.392 e. The third-order valence-corrected chi connectivity index (χ3v) is 5.54. The van der Waals surface area contributed by atoms with Gasteiger partial charge in [0, 0.05) is 36.5 Å². The molecule has 3 aliphatic rings. The first-order valence-corrected chi connectivity index (χ1v) is 9.66. The average Bonchev–Trinajstić information content (AvgIpc) is 3.49. The number of carbonyl (C=O) groups is 3. The van der Waals surface area contributed by atoms with Crippen LogP contribution in [0.4, 0.5) is 0 Å². The maximum atomic E-state index is 12.1. The summed E-state index contributed by atoms with van der Waals surface area (Å²) in [5.41, 5.74) is 4.41. The van der Waals surface area contributed by atoms with Gasteiger partial charge in [0.05, 0.1) is 17.8 Å². The first-order chi connectivity index (χ1) is 14.1. The van der Waals surface area contributed by atoms with Gasteiger partial charge in [0.2, 0.25) is 0 Å². The molecule has 1 N–H and O–H groups in total. The van der Waals surface area contributed by atoms with E-state index in [1.165, 1.54) is 0 Å². The molecule has 2 amide bonds. The minimum Gasteiger partial charge on any atom is -0.392 e. The third-order valence-electron chi connectivity index (χ3n) is 5.54. The van der Waals surface area contributed by atoms with E-state index in [0.29, 0.717) is 19.0 Å². The van der Waals surface area contributed by atoms with E-state index >= 15 is 0 Å². The highest BCUT2D eigenvalue weighted by Gasteiger charge is 2.34. The number of H-pyrrole nitrogens is 1. The molecule has 1 atom stereocenters. The van der Waals surface area contributed by atoms with Crippen molar-refractivity contribution in [2.45, 2.75) is 31.7 Å². The van der Waals surface area contributed by atoms with Crippen molar-refractivity contribution in [3.05, 3.63) is 54.0 Å². The van der Waals surface area contributed by atoms with E-state index in [-0.39, 0.29) is 25.3 Å². The number of hydrogen-bond donors (Lipinski definition) is 1. The molecule has 0 aromatic carbocycles. The highest BCUT2D eigenvalue weighted by atomic mass is 16.7. The summed E-state index contributed by atoms with van der Waals surface area (Å²) >= 11 is 0. The van der Waals surface area contributed by atoms with E-state index in [1.54, 1.807) is 0 Å². The molecule has 5 heterocycles. The van der Waals surface area contributed by atoms with Crippen molar-refractivity contribution in [1.82, 2.24) is 19.3 Å². The summed E-state index contributed by atoms with van der Waals surface area (Å²) in [6, 6.07) is 8.26. The van der Waals surface area contributed by atoms with Crippen LogP contribution in [0.2, 0.25) is 0 Å². The molecule has 1 fully saturated rings. The zero-order valence-corrected chi connectivity index (χ0v) is 15.7. The van der Waals surface area contributed by atoms with Crippen LogP contribution in [0, 0.1) is 0 Å². The molecule has 0 aliphatic carbocycles. The minimum atomic E-state index is -0.565. The summed E-state index contributed by atoms with van der Waals surface area (Å²) in [5, 5.41) is 0.605. The standard InChI is InChI=1S/C20H19BN4O4/c26-18-8-9-19(27)25(18)29-20(28)10-6-13-3-4-14-12-15-5-7-17(16-2-1-11-22-16)24(15)21-23(13)14/h1-5,7,11-13,21-22H,6,8-10H2. The summed E-state index contributed by atoms with van der Waals surface area (Å²) in [7, 11) is 0.679. The van der Waals surface area contributed by atoms with Gasteiger partial charge < -0.3 is 19.1 Å². The third kappa shape index (κ3) is 3.08. The summed E-state index contributed by atoms with van der Waals surface area (Å²) < 4.78 is 2.23. The topological polar surface area (TPSA) is 87.6 Å². The number of allylic oxidation sites excluding steroid dienone is 1. The van der Waals surface area contributed by atoms with Gasteiger partial charge in [0.1, 0.15) is 0 Å². The van der Waals surface area contributed by atoms with Gasteiger partial charge in [-0.3, -0.25) is 9.59 Å². The Morgan fingerprint density at radius 2 is 2.03 bits per heavy atom. The van der Waals surface area contributed by atoms with Gasteiger partial charge in [0.25, 0.3) is 11.8 Å². The van der Waals surface area contributed by atoms with Gasteiger partial charge in [-0.2, -0.15) is 0 Å². The summed E-state index contributed by atoms with van der Waals surface area (Å²) in [6.07, 6.45) is 9.03. The number of aromatic amines is 1. The number of nitrogens with one attached hydrogen (secondary N) is 1. The van der Waals surface area contributed by atoms with Crippen molar-refractivity contribution in [2.24, 2.45) is 0 Å². The molecular formula is C20H19BN4O4. The number of imide groups is 1. The van der Waals surface area contributed by atoms with Crippen molar-refractivity contribution in [3.63, 3.8) is 0 Å². The molecule has 0 bridgehead atoms. The van der Waals surface area contributed by atoms with E-state index in [9.17, 15) is 14.4 Å². The summed E-state index contributed by atoms with van der Waals surface area (Å²) in [4.78, 5) is 45.8. The molecule has 1 unspecified atom stereocenters. The lowest BCUT2D eigenvalue weighted by atomic mass is 9.97. The van der Waals surface area contributed by atoms with Crippen LogP contribution in [-0.2, 0) is 19.2 Å². The monoisotopic (exact) mass is 390 g/mol. The highest BCUT2D eigenvalue weighted by Crippen LogP contribution is 2.31. The Bertz CT molecular complexity index is 1040. The van der Waals surface area contributed by atoms with Crippen LogP contribution in [0.15, 0.2) is 48.3 Å². The van der Waals surface area contributed by atoms with Crippen molar-refractivity contribution in [3.8, 4) is 11.4 Å². The van der Waals surface area contributed by atoms with Crippen LogP contribution in [0.25, 0.3) is 17.5 Å². The maximum Gasteiger partial charge on any atom is 0.361 e. The van der Waals surface area contributed by atoms with Crippen LogP contribution in [0.3, 0.4) is 0 Å². The highest BCUT2D eigenvalue weighted by molar-refractivity contribution is 6.34. The lowest BCUT2D eigenvalue weighted by molar-refractivity contribution is -0.197. The molecular weight excluding hydrogens is 371 g/mol. The van der Waals surface area contributed by atoms with Gasteiger partial charge in [-0.25, -0.2) is 4.79 Å². The van der Waals surface area contributed by atoms with Gasteiger partial charge in [-0.1, -0.05) is 6.08 Å². The lowest BCUT2D eigenvalue weighted by Crippen LogP contribution is -2.39. The SMILES string of the molecule is O=C(CCC1C=CC2=Cc3ccc(-c4ccc[nH]4)n3BN21)ON1C(=O)CCC1=O. The fourth-order valence-electron chi connectivity index (χ4n) is 4.04. The fourth-order valence-corrected chi connectivity index (χ4v) is 4.04. The van der Waals surface area contributed by atoms with Crippen molar-refractivity contribution in [1.29, 1.82) is 0 Å². The molecule has 2 aromatic heterocycles. The molecule has 146 valence electrons. The van der Waals surface area contributed by atoms with Crippen LogP contribution in [0.5, 0.6) is 0 Å². The van der Waals surface area contributed by atoms with Gasteiger partial charge in [-0.15, -0.1) is 5.06 Å². The number of amides is 2. The normalized spacial score (nSPS) is 19.9. The molecule has 3 aliphatic heterocycles. The van der Waals surface area contributed by atoms with Crippen molar-refractivity contribution < 1.29 is 19.2 Å². The van der Waals surface area contributed by atoms with Crippen molar-refractivity contribution in [2.75, 3.05) is 0 Å². The van der Waals surface area contributed by atoms with Crippen LogP contribution in [0.1, 0.15) is 31.4 Å². The zero-order chi connectivity index (χ0) is 20.0. The Kier molecular flexibility index (Phi) is 4.15. The Balaban J connectivity index is 1.25. The Morgan fingerprint density at radius 1 is 1.21 bits per heavy atom. The fraction of sp³-hybridized carbons (Fsp3) is 0.250. The predicted molar refractivity (Wildman–Crippen MR) is 106 cm³/mol. The van der Waals surface area contributed by atoms with E-state index in [4.69, 9.17) is 4.84 Å². The van der Waals surface area contributed by atoms with Crippen LogP contribution in [-0.4, -0.2) is 50.7 Å². The predicted octanol–water partition coefficient (Wildman–Crippen LogP) is 1.58. The first kappa shape index (κ1) is 17.6. The second-order valence-corrected chi connectivity index (χ2v) is 7.35. The number of carbonyl (C=O) groups excluding carboxylic acids is 3. The number of hydroxylamine groups is 2. The number of rotatable bonds is 5. The van der Waals surface area contributed by atoms with Gasteiger partial charge in [0.15, 0.2) is 0 Å². The quantitative estimate of drug-likeness (QED) is 0.619. The Morgan fingerprint density at radius 3 is 2.79 bits per heavy atom. The number of fused-ring (bicyclic) bond motifs is 2. The zero-order valence-electron chi connectivity index (χ0n) is 15.7. The number of nitrogens with zero attached hydrogens (tertiary/aromatic N) is 3. The second kappa shape index (κ2) is 6.84. The first-order valence-electron chi connectivity index (χ1n) is 9.66. The Labute approximate surface area is 167 Å². The molecule has 8 nitrogen and oxygen atoms in total. The van der Waals surface area contributed by atoms with Gasteiger partial charge in [-0.05, 0) is 42.8 Å². The molecule has 0 spiro atoms. The molecule has 0 saturated carbocycles. The molecule has 2 aromatic rings. The van der Waals surface area contributed by atoms with E-state index < -0.39 is 17.8 Å². The second-order valence-electron chi connectivity index (χ2n) is 7.35. The average molecular weight is 390 g/mol. The molecule has 1 saturated heterocycles. The van der Waals surface area contributed by atoms with Crippen LogP contribution < -0.4 is 0 Å². The molecule has 9 heteroatoms. The summed E-state index contributed by atoms with van der Waals surface area (Å²) in [6.45, 7) is 0. The number of hydrogen-bond acceptors (Lipinski definition) is 5. The van der Waals surface area contributed by atoms with Crippen molar-refractivity contribution >= 4 is 31.4 Å². The smallest absolute Gasteiger partial charge is 0.361 e. The van der Waals surface area contributed by atoms with E-state index in [2.05, 4.69) is 44.6 Å². The van der Waals surface area contributed by atoms with Gasteiger partial charge >= 0.3 is 13.5 Å².